The van der Waals surface area contributed by atoms with Gasteiger partial charge in [-0.3, -0.25) is 0 Å². The number of aryl methyl sites for hydroxylation is 1. The average Bonchev–Trinajstić information content (AvgIpc) is 2.89. The summed E-state index contributed by atoms with van der Waals surface area (Å²) in [7, 11) is 0. The molecule has 152 valence electrons. The van der Waals surface area contributed by atoms with Crippen molar-refractivity contribution < 1.29 is 18.7 Å². The molecule has 0 aliphatic heterocycles. The summed E-state index contributed by atoms with van der Waals surface area (Å²) in [5, 5.41) is 0. The van der Waals surface area contributed by atoms with Crippen molar-refractivity contribution in [2.45, 2.75) is 39.0 Å². The zero-order valence-electron chi connectivity index (χ0n) is 16.9. The molecule has 0 aromatic heterocycles. The highest BCUT2D eigenvalue weighted by Crippen LogP contribution is 2.37. The van der Waals surface area contributed by atoms with Crippen molar-refractivity contribution in [3.05, 3.63) is 77.4 Å². The Hall–Kier alpha value is -2.88. The third-order valence-electron chi connectivity index (χ3n) is 4.96. The maximum absolute atomic E-state index is 15.2. The molecule has 2 aromatic rings. The minimum atomic E-state index is -0.360. The molecule has 0 bridgehead atoms. The fourth-order valence-corrected chi connectivity index (χ4v) is 3.40. The molecule has 1 aliphatic rings. The molecule has 29 heavy (non-hydrogen) atoms. The Kier molecular flexibility index (Phi) is 7.23. The van der Waals surface area contributed by atoms with Crippen molar-refractivity contribution >= 4 is 17.4 Å². The van der Waals surface area contributed by atoms with Gasteiger partial charge in [0.05, 0.1) is 13.2 Å². The standard InChI is InChI=1S/C25H27FO3/c1-18(2)25(27)29-16-7-6-15-28-21-13-14-23-20(17-21)11-8-12-22(24(23)26)19-9-4-3-5-10-19/h3-5,9-10,13-14,17H,1,6-8,11-12,15-16H2,2H3. The summed E-state index contributed by atoms with van der Waals surface area (Å²) < 4.78 is 26.1. The maximum Gasteiger partial charge on any atom is 0.333 e. The van der Waals surface area contributed by atoms with Gasteiger partial charge >= 0.3 is 5.97 Å². The molecular weight excluding hydrogens is 367 g/mol. The van der Waals surface area contributed by atoms with E-state index >= 15 is 4.39 Å². The first-order chi connectivity index (χ1) is 14.1. The molecule has 2 aromatic carbocycles. The third kappa shape index (κ3) is 5.57. The predicted octanol–water partition coefficient (Wildman–Crippen LogP) is 6.14. The highest BCUT2D eigenvalue weighted by Gasteiger charge is 2.19. The molecule has 3 nitrogen and oxygen atoms in total. The minimum absolute atomic E-state index is 0.130. The molecule has 1 aliphatic carbocycles. The van der Waals surface area contributed by atoms with Crippen LogP contribution in [0.2, 0.25) is 0 Å². The number of hydrogen-bond donors (Lipinski definition) is 0. The van der Waals surface area contributed by atoms with Gasteiger partial charge in [0.2, 0.25) is 0 Å². The summed E-state index contributed by atoms with van der Waals surface area (Å²) in [6, 6.07) is 15.4. The van der Waals surface area contributed by atoms with Gasteiger partial charge in [-0.05, 0) is 73.9 Å². The lowest BCUT2D eigenvalue weighted by atomic mass is 9.99. The van der Waals surface area contributed by atoms with E-state index < -0.39 is 0 Å². The van der Waals surface area contributed by atoms with Crippen molar-refractivity contribution in [1.82, 2.24) is 0 Å². The number of unbranched alkanes of at least 4 members (excludes halogenated alkanes) is 1. The molecule has 0 heterocycles. The lowest BCUT2D eigenvalue weighted by Crippen LogP contribution is -2.07. The second-order valence-corrected chi connectivity index (χ2v) is 7.30. The number of ether oxygens (including phenoxy) is 2. The van der Waals surface area contributed by atoms with Crippen LogP contribution in [-0.4, -0.2) is 19.2 Å². The lowest BCUT2D eigenvalue weighted by molar-refractivity contribution is -0.139. The fraction of sp³-hybridized carbons (Fsp3) is 0.320. The summed E-state index contributed by atoms with van der Waals surface area (Å²) in [5.41, 5.74) is 3.79. The van der Waals surface area contributed by atoms with Gasteiger partial charge in [0.15, 0.2) is 0 Å². The number of esters is 1. The van der Waals surface area contributed by atoms with Gasteiger partial charge in [-0.15, -0.1) is 0 Å². The molecule has 0 atom stereocenters. The van der Waals surface area contributed by atoms with E-state index in [9.17, 15) is 4.79 Å². The van der Waals surface area contributed by atoms with E-state index in [4.69, 9.17) is 9.47 Å². The summed E-state index contributed by atoms with van der Waals surface area (Å²) in [5.74, 6) is 0.259. The minimum Gasteiger partial charge on any atom is -0.494 e. The van der Waals surface area contributed by atoms with Crippen molar-refractivity contribution in [3.8, 4) is 5.75 Å². The monoisotopic (exact) mass is 394 g/mol. The molecule has 0 spiro atoms. The Morgan fingerprint density at radius 2 is 1.83 bits per heavy atom. The lowest BCUT2D eigenvalue weighted by Gasteiger charge is -2.11. The van der Waals surface area contributed by atoms with Gasteiger partial charge in [0.25, 0.3) is 0 Å². The second kappa shape index (κ2) is 10.1. The number of rotatable bonds is 8. The predicted molar refractivity (Wildman–Crippen MR) is 114 cm³/mol. The first-order valence-electron chi connectivity index (χ1n) is 10.1. The molecule has 3 rings (SSSR count). The summed E-state index contributed by atoms with van der Waals surface area (Å²) >= 11 is 0. The normalized spacial score (nSPS) is 13.4. The van der Waals surface area contributed by atoms with Gasteiger partial charge in [-0.1, -0.05) is 36.9 Å². The van der Waals surface area contributed by atoms with E-state index in [1.807, 2.05) is 48.5 Å². The number of carbonyl (C=O) groups is 1. The van der Waals surface area contributed by atoms with E-state index in [0.717, 1.165) is 54.6 Å². The Morgan fingerprint density at radius 3 is 2.59 bits per heavy atom. The zero-order chi connectivity index (χ0) is 20.6. The zero-order valence-corrected chi connectivity index (χ0v) is 16.9. The first kappa shape index (κ1) is 20.8. The molecule has 0 radical (unpaired) electrons. The highest BCUT2D eigenvalue weighted by molar-refractivity contribution is 5.89. The number of benzene rings is 2. The number of hydrogen-bond acceptors (Lipinski definition) is 3. The van der Waals surface area contributed by atoms with Gasteiger partial charge in [-0.2, -0.15) is 0 Å². The van der Waals surface area contributed by atoms with Crippen LogP contribution in [0.25, 0.3) is 11.4 Å². The Labute approximate surface area is 171 Å². The smallest absolute Gasteiger partial charge is 0.333 e. The van der Waals surface area contributed by atoms with E-state index in [1.54, 1.807) is 6.92 Å². The second-order valence-electron chi connectivity index (χ2n) is 7.30. The molecule has 4 heteroatoms. The summed E-state index contributed by atoms with van der Waals surface area (Å²) in [6.45, 7) is 6.06. The van der Waals surface area contributed by atoms with Crippen LogP contribution in [0.5, 0.6) is 5.75 Å². The van der Waals surface area contributed by atoms with Crippen LogP contribution >= 0.6 is 0 Å². The molecule has 0 unspecified atom stereocenters. The summed E-state index contributed by atoms with van der Waals surface area (Å²) in [4.78, 5) is 11.3. The third-order valence-corrected chi connectivity index (χ3v) is 4.96. The van der Waals surface area contributed by atoms with Crippen LogP contribution in [0, 0.1) is 0 Å². The van der Waals surface area contributed by atoms with Gasteiger partial charge in [0, 0.05) is 11.1 Å². The number of fused-ring (bicyclic) bond motifs is 1. The molecule has 0 fully saturated rings. The molecule has 0 saturated heterocycles. The van der Waals surface area contributed by atoms with Gasteiger partial charge < -0.3 is 9.47 Å². The SMILES string of the molecule is C=C(C)C(=O)OCCCCOc1ccc2c(c1)CCCC(c1ccccc1)=C2F. The first-order valence-corrected chi connectivity index (χ1v) is 10.1. The Bertz CT molecular complexity index is 900. The van der Waals surface area contributed by atoms with Crippen molar-refractivity contribution in [3.63, 3.8) is 0 Å². The molecule has 0 N–H and O–H groups in total. The summed E-state index contributed by atoms with van der Waals surface area (Å²) in [6.07, 6.45) is 3.95. The molecule has 0 saturated carbocycles. The average molecular weight is 394 g/mol. The van der Waals surface area contributed by atoms with Crippen molar-refractivity contribution in [2.24, 2.45) is 0 Å². The van der Waals surface area contributed by atoms with Crippen LogP contribution in [0.1, 0.15) is 49.3 Å². The maximum atomic E-state index is 15.2. The van der Waals surface area contributed by atoms with E-state index in [2.05, 4.69) is 6.58 Å². The van der Waals surface area contributed by atoms with Crippen LogP contribution in [0.4, 0.5) is 4.39 Å². The molecule has 0 amide bonds. The van der Waals surface area contributed by atoms with E-state index in [-0.39, 0.29) is 11.8 Å². The topological polar surface area (TPSA) is 35.5 Å². The fourth-order valence-electron chi connectivity index (χ4n) is 3.40. The highest BCUT2D eigenvalue weighted by atomic mass is 19.1. The van der Waals surface area contributed by atoms with Crippen LogP contribution in [0.15, 0.2) is 60.7 Å². The van der Waals surface area contributed by atoms with Crippen molar-refractivity contribution in [1.29, 1.82) is 0 Å². The Balaban J connectivity index is 1.59. The van der Waals surface area contributed by atoms with Crippen LogP contribution in [-0.2, 0) is 16.0 Å². The van der Waals surface area contributed by atoms with Crippen molar-refractivity contribution in [2.75, 3.05) is 13.2 Å². The Morgan fingerprint density at radius 1 is 1.07 bits per heavy atom. The number of halogens is 1. The van der Waals surface area contributed by atoms with Gasteiger partial charge in [0.1, 0.15) is 11.6 Å². The van der Waals surface area contributed by atoms with E-state index in [0.29, 0.717) is 24.4 Å². The molecular formula is C25H27FO3. The van der Waals surface area contributed by atoms with E-state index in [1.165, 1.54) is 0 Å². The number of allylic oxidation sites excluding steroid dienone is 1. The van der Waals surface area contributed by atoms with Crippen LogP contribution < -0.4 is 4.74 Å². The van der Waals surface area contributed by atoms with Crippen LogP contribution in [0.3, 0.4) is 0 Å². The van der Waals surface area contributed by atoms with Gasteiger partial charge in [-0.25, -0.2) is 9.18 Å². The quantitative estimate of drug-likeness (QED) is 0.306. The largest absolute Gasteiger partial charge is 0.494 e. The number of carbonyl (C=O) groups excluding carboxylic acids is 1.